The Morgan fingerprint density at radius 2 is 1.11 bits per heavy atom. The van der Waals surface area contributed by atoms with Crippen LogP contribution in [0.3, 0.4) is 0 Å². The van der Waals surface area contributed by atoms with E-state index in [1.54, 1.807) is 0 Å². The first kappa shape index (κ1) is 9.00. The average molecular weight is 126 g/mol. The van der Waals surface area contributed by atoms with Gasteiger partial charge in [0.2, 0.25) is 0 Å². The molecule has 0 spiro atoms. The Balaban J connectivity index is 3.75. The van der Waals surface area contributed by atoms with E-state index in [2.05, 4.69) is 41.5 Å². The lowest BCUT2D eigenvalue weighted by molar-refractivity contribution is 0.290. The number of hydrogen-bond acceptors (Lipinski definition) is 0. The molecule has 0 aromatic rings. The minimum absolute atomic E-state index is 0.172. The lowest BCUT2D eigenvalue weighted by Crippen LogP contribution is -2.17. The largest absolute Gasteiger partial charge is 0.0599 e. The molecule has 0 heterocycles. The number of rotatable bonds is 2. The van der Waals surface area contributed by atoms with Gasteiger partial charge in [0.05, 0.1) is 0 Å². The van der Waals surface area contributed by atoms with Crippen LogP contribution in [0.5, 0.6) is 0 Å². The maximum atomic E-state index is 4.02. The van der Waals surface area contributed by atoms with Gasteiger partial charge in [0.25, 0.3) is 0 Å². The zero-order chi connectivity index (χ0) is 7.71. The van der Waals surface area contributed by atoms with Crippen molar-refractivity contribution in [3.8, 4) is 0 Å². The van der Waals surface area contributed by atoms with Crippen LogP contribution in [0.15, 0.2) is 0 Å². The van der Waals surface area contributed by atoms with E-state index in [9.17, 15) is 0 Å². The molecule has 0 bridgehead atoms. The van der Waals surface area contributed by atoms with Crippen LogP contribution in [-0.2, 0) is 0 Å². The Kier molecular flexibility index (Phi) is 2.32. The molecule has 0 saturated heterocycles. The van der Waals surface area contributed by atoms with E-state index in [-0.39, 0.29) is 10.8 Å². The summed E-state index contributed by atoms with van der Waals surface area (Å²) in [5.41, 5.74) is 0.344. The molecule has 0 unspecified atom stereocenters. The van der Waals surface area contributed by atoms with Gasteiger partial charge in [-0.15, -0.1) is 0 Å². The van der Waals surface area contributed by atoms with Gasteiger partial charge in [-0.2, -0.15) is 0 Å². The molecule has 0 saturated carbocycles. The minimum Gasteiger partial charge on any atom is -0.0599 e. The third-order valence-electron chi connectivity index (χ3n) is 0.957. The standard InChI is InChI=1S/C9H18/c1-8(2,3)7-9(4,5)6/h1,4,7H2,2-3,5-6H3. The van der Waals surface area contributed by atoms with Crippen molar-refractivity contribution in [3.63, 3.8) is 0 Å². The summed E-state index contributed by atoms with van der Waals surface area (Å²) in [5.74, 6) is 0. The first-order chi connectivity index (χ1) is 3.71. The van der Waals surface area contributed by atoms with Gasteiger partial charge in [0.15, 0.2) is 0 Å². The SMILES string of the molecule is [CH2]C(C)(C)CC([CH2])(C)C. The zero-order valence-electron chi connectivity index (χ0n) is 7.12. The predicted octanol–water partition coefficient (Wildman–Crippen LogP) is 3.10. The number of hydrogen-bond donors (Lipinski definition) is 0. The lowest BCUT2D eigenvalue weighted by Gasteiger charge is -2.28. The minimum atomic E-state index is 0.172. The van der Waals surface area contributed by atoms with Crippen LogP contribution in [0.4, 0.5) is 0 Å². The summed E-state index contributed by atoms with van der Waals surface area (Å²) >= 11 is 0. The van der Waals surface area contributed by atoms with Crippen molar-refractivity contribution in [2.75, 3.05) is 0 Å². The Morgan fingerprint density at radius 3 is 1.11 bits per heavy atom. The fraction of sp³-hybridized carbons (Fsp3) is 0.778. The van der Waals surface area contributed by atoms with Crippen molar-refractivity contribution < 1.29 is 0 Å². The Morgan fingerprint density at radius 1 is 0.889 bits per heavy atom. The Hall–Kier alpha value is 0. The van der Waals surface area contributed by atoms with Crippen molar-refractivity contribution in [2.45, 2.75) is 34.1 Å². The molecule has 9 heavy (non-hydrogen) atoms. The van der Waals surface area contributed by atoms with E-state index in [1.165, 1.54) is 0 Å². The second-order valence-corrected chi connectivity index (χ2v) is 4.51. The molecule has 0 aliphatic heterocycles. The topological polar surface area (TPSA) is 0 Å². The molecule has 0 N–H and O–H groups in total. The normalized spacial score (nSPS) is 14.0. The van der Waals surface area contributed by atoms with Gasteiger partial charge in [-0.1, -0.05) is 27.7 Å². The molecule has 0 amide bonds. The fourth-order valence-electron chi connectivity index (χ4n) is 1.30. The van der Waals surface area contributed by atoms with Gasteiger partial charge in [-0.3, -0.25) is 0 Å². The zero-order valence-corrected chi connectivity index (χ0v) is 7.12. The van der Waals surface area contributed by atoms with Crippen molar-refractivity contribution >= 4 is 0 Å². The van der Waals surface area contributed by atoms with Gasteiger partial charge in [0.1, 0.15) is 0 Å². The van der Waals surface area contributed by atoms with Gasteiger partial charge < -0.3 is 0 Å². The highest BCUT2D eigenvalue weighted by Gasteiger charge is 2.20. The van der Waals surface area contributed by atoms with Crippen LogP contribution in [0.1, 0.15) is 34.1 Å². The van der Waals surface area contributed by atoms with Crippen LogP contribution in [0, 0.1) is 24.7 Å². The molecule has 0 fully saturated rings. The first-order valence-electron chi connectivity index (χ1n) is 3.41. The summed E-state index contributed by atoms with van der Waals surface area (Å²) in [6.45, 7) is 16.6. The van der Waals surface area contributed by atoms with E-state index in [0.29, 0.717) is 0 Å². The van der Waals surface area contributed by atoms with Crippen LogP contribution in [-0.4, -0.2) is 0 Å². The average Bonchev–Trinajstić information content (AvgIpc) is 1.14. The van der Waals surface area contributed by atoms with Crippen LogP contribution < -0.4 is 0 Å². The van der Waals surface area contributed by atoms with Gasteiger partial charge in [0, 0.05) is 0 Å². The van der Waals surface area contributed by atoms with Crippen LogP contribution in [0.2, 0.25) is 0 Å². The molecule has 0 aromatic heterocycles. The lowest BCUT2D eigenvalue weighted by atomic mass is 9.78. The smallest absolute Gasteiger partial charge is 0.0349 e. The molecule has 54 valence electrons. The molecule has 0 heteroatoms. The highest BCUT2D eigenvalue weighted by atomic mass is 14.3. The third kappa shape index (κ3) is 8.00. The van der Waals surface area contributed by atoms with Crippen LogP contribution in [0.25, 0.3) is 0 Å². The second kappa shape index (κ2) is 2.32. The highest BCUT2D eigenvalue weighted by Crippen LogP contribution is 2.31. The third-order valence-corrected chi connectivity index (χ3v) is 0.957. The van der Waals surface area contributed by atoms with E-state index >= 15 is 0 Å². The van der Waals surface area contributed by atoms with Crippen molar-refractivity contribution in [1.82, 2.24) is 0 Å². The van der Waals surface area contributed by atoms with Crippen molar-refractivity contribution in [1.29, 1.82) is 0 Å². The van der Waals surface area contributed by atoms with E-state index < -0.39 is 0 Å². The van der Waals surface area contributed by atoms with E-state index in [4.69, 9.17) is 0 Å². The summed E-state index contributed by atoms with van der Waals surface area (Å²) in [7, 11) is 0. The maximum absolute atomic E-state index is 4.02. The summed E-state index contributed by atoms with van der Waals surface area (Å²) in [5, 5.41) is 0. The van der Waals surface area contributed by atoms with Gasteiger partial charge in [-0.05, 0) is 31.1 Å². The molecular formula is C9H18. The fourth-order valence-corrected chi connectivity index (χ4v) is 1.30. The van der Waals surface area contributed by atoms with Gasteiger partial charge in [-0.25, -0.2) is 0 Å². The molecule has 0 aliphatic carbocycles. The van der Waals surface area contributed by atoms with Crippen molar-refractivity contribution in [3.05, 3.63) is 13.8 Å². The van der Waals surface area contributed by atoms with E-state index in [1.807, 2.05) is 0 Å². The summed E-state index contributed by atoms with van der Waals surface area (Å²) in [6.07, 6.45) is 1.07. The monoisotopic (exact) mass is 126 g/mol. The molecule has 2 radical (unpaired) electrons. The molecular weight excluding hydrogens is 108 g/mol. The van der Waals surface area contributed by atoms with Crippen molar-refractivity contribution in [2.24, 2.45) is 10.8 Å². The second-order valence-electron chi connectivity index (χ2n) is 4.51. The molecule has 0 aliphatic rings. The quantitative estimate of drug-likeness (QED) is 0.533. The van der Waals surface area contributed by atoms with Crippen LogP contribution >= 0.6 is 0 Å². The van der Waals surface area contributed by atoms with E-state index in [0.717, 1.165) is 6.42 Å². The summed E-state index contributed by atoms with van der Waals surface area (Å²) in [6, 6.07) is 0. The van der Waals surface area contributed by atoms with Gasteiger partial charge >= 0.3 is 0 Å². The first-order valence-corrected chi connectivity index (χ1v) is 3.41. The predicted molar refractivity (Wildman–Crippen MR) is 42.9 cm³/mol. The summed E-state index contributed by atoms with van der Waals surface area (Å²) < 4.78 is 0. The molecule has 0 aromatic carbocycles. The highest BCUT2D eigenvalue weighted by molar-refractivity contribution is 4.81. The molecule has 0 nitrogen and oxygen atoms in total. The maximum Gasteiger partial charge on any atom is -0.0349 e. The Bertz CT molecular complexity index is 65.2. The molecule has 0 atom stereocenters. The summed E-state index contributed by atoms with van der Waals surface area (Å²) in [4.78, 5) is 0. The Labute approximate surface area is 59.7 Å². The molecule has 0 rings (SSSR count).